The highest BCUT2D eigenvalue weighted by molar-refractivity contribution is 5.77. The van der Waals surface area contributed by atoms with E-state index in [0.717, 1.165) is 5.56 Å². The standard InChI is InChI=1S/C14H24N4O/c1-12(2)9-18(16-3)14(19)11-17(15)10-13-7-5-4-6-8-13/h4-8,12,16H,9-11,15H2,1-3H3. The molecule has 0 aromatic heterocycles. The van der Waals surface area contributed by atoms with Crippen molar-refractivity contribution < 1.29 is 4.79 Å². The van der Waals surface area contributed by atoms with Gasteiger partial charge in [-0.3, -0.25) is 15.6 Å². The van der Waals surface area contributed by atoms with Gasteiger partial charge in [0.2, 0.25) is 0 Å². The van der Waals surface area contributed by atoms with E-state index in [1.165, 1.54) is 5.01 Å². The Labute approximate surface area is 115 Å². The summed E-state index contributed by atoms with van der Waals surface area (Å²) < 4.78 is 0. The third-order valence-electron chi connectivity index (χ3n) is 2.69. The second kappa shape index (κ2) is 7.89. The van der Waals surface area contributed by atoms with Crippen LogP contribution in [0, 0.1) is 5.92 Å². The van der Waals surface area contributed by atoms with Gasteiger partial charge in [-0.1, -0.05) is 44.2 Å². The van der Waals surface area contributed by atoms with Crippen LogP contribution in [-0.4, -0.2) is 36.1 Å². The van der Waals surface area contributed by atoms with Crippen LogP contribution in [0.25, 0.3) is 0 Å². The van der Waals surface area contributed by atoms with Crippen LogP contribution in [0.2, 0.25) is 0 Å². The number of nitrogens with zero attached hydrogens (tertiary/aromatic N) is 2. The van der Waals surface area contributed by atoms with Gasteiger partial charge in [0.05, 0.1) is 6.54 Å². The molecule has 5 heteroatoms. The average Bonchev–Trinajstić information content (AvgIpc) is 2.36. The molecule has 0 aliphatic heterocycles. The molecule has 1 amide bonds. The molecular weight excluding hydrogens is 240 g/mol. The molecule has 19 heavy (non-hydrogen) atoms. The molecule has 1 aromatic carbocycles. The number of nitrogens with two attached hydrogens (primary N) is 1. The first kappa shape index (κ1) is 15.6. The van der Waals surface area contributed by atoms with Crippen molar-refractivity contribution in [1.82, 2.24) is 15.4 Å². The second-order valence-electron chi connectivity index (χ2n) is 5.01. The number of carbonyl (C=O) groups is 1. The summed E-state index contributed by atoms with van der Waals surface area (Å²) in [5, 5.41) is 3.14. The van der Waals surface area contributed by atoms with Gasteiger partial charge in [-0.05, 0) is 11.5 Å². The van der Waals surface area contributed by atoms with Gasteiger partial charge in [-0.15, -0.1) is 0 Å². The predicted molar refractivity (Wildman–Crippen MR) is 76.7 cm³/mol. The Morgan fingerprint density at radius 2 is 1.95 bits per heavy atom. The average molecular weight is 264 g/mol. The van der Waals surface area contributed by atoms with Gasteiger partial charge >= 0.3 is 0 Å². The summed E-state index contributed by atoms with van der Waals surface area (Å²) in [7, 11) is 1.75. The summed E-state index contributed by atoms with van der Waals surface area (Å²) in [4.78, 5) is 12.1. The molecule has 106 valence electrons. The number of hydrazine groups is 2. The van der Waals surface area contributed by atoms with E-state index in [1.54, 1.807) is 12.1 Å². The molecule has 0 unspecified atom stereocenters. The van der Waals surface area contributed by atoms with E-state index in [1.807, 2.05) is 30.3 Å². The largest absolute Gasteiger partial charge is 0.277 e. The predicted octanol–water partition coefficient (Wildman–Crippen LogP) is 0.981. The van der Waals surface area contributed by atoms with Crippen molar-refractivity contribution in [2.75, 3.05) is 20.1 Å². The van der Waals surface area contributed by atoms with Crippen LogP contribution in [-0.2, 0) is 11.3 Å². The van der Waals surface area contributed by atoms with E-state index in [0.29, 0.717) is 19.0 Å². The molecule has 0 spiro atoms. The van der Waals surface area contributed by atoms with Crippen LogP contribution < -0.4 is 11.3 Å². The lowest BCUT2D eigenvalue weighted by atomic mass is 10.2. The van der Waals surface area contributed by atoms with Crippen molar-refractivity contribution in [3.63, 3.8) is 0 Å². The number of hydrogen-bond donors (Lipinski definition) is 2. The molecule has 0 radical (unpaired) electrons. The van der Waals surface area contributed by atoms with Crippen LogP contribution in [0.15, 0.2) is 30.3 Å². The molecule has 0 aliphatic rings. The Balaban J connectivity index is 2.46. The van der Waals surface area contributed by atoms with Crippen LogP contribution >= 0.6 is 0 Å². The van der Waals surface area contributed by atoms with E-state index in [9.17, 15) is 4.79 Å². The lowest BCUT2D eigenvalue weighted by Gasteiger charge is -2.25. The van der Waals surface area contributed by atoms with Gasteiger partial charge in [0.1, 0.15) is 0 Å². The number of rotatable bonds is 7. The number of benzene rings is 1. The molecule has 0 atom stereocenters. The highest BCUT2D eigenvalue weighted by Crippen LogP contribution is 2.02. The zero-order chi connectivity index (χ0) is 14.3. The summed E-state index contributed by atoms with van der Waals surface area (Å²) in [6.45, 7) is 5.58. The second-order valence-corrected chi connectivity index (χ2v) is 5.01. The minimum absolute atomic E-state index is 0.0189. The van der Waals surface area contributed by atoms with E-state index in [4.69, 9.17) is 5.84 Å². The van der Waals surface area contributed by atoms with Gasteiger partial charge in [0.25, 0.3) is 5.91 Å². The fourth-order valence-corrected chi connectivity index (χ4v) is 1.82. The van der Waals surface area contributed by atoms with Gasteiger partial charge < -0.3 is 0 Å². The summed E-state index contributed by atoms with van der Waals surface area (Å²) >= 11 is 0. The first-order valence-corrected chi connectivity index (χ1v) is 6.54. The SMILES string of the molecule is CNN(CC(C)C)C(=O)CN(N)Cc1ccccc1. The lowest BCUT2D eigenvalue weighted by molar-refractivity contribution is -0.136. The minimum Gasteiger partial charge on any atom is -0.277 e. The maximum atomic E-state index is 12.1. The summed E-state index contributed by atoms with van der Waals surface area (Å²) in [6.07, 6.45) is 0. The molecule has 0 saturated heterocycles. The number of amides is 1. The molecular formula is C14H24N4O. The molecule has 1 aromatic rings. The van der Waals surface area contributed by atoms with Crippen molar-refractivity contribution in [2.45, 2.75) is 20.4 Å². The normalized spacial score (nSPS) is 11.1. The molecule has 0 fully saturated rings. The number of nitrogens with one attached hydrogen (secondary N) is 1. The minimum atomic E-state index is -0.0189. The lowest BCUT2D eigenvalue weighted by Crippen LogP contribution is -2.49. The topological polar surface area (TPSA) is 61.6 Å². The summed E-state index contributed by atoms with van der Waals surface area (Å²) in [5.41, 5.74) is 4.00. The Morgan fingerprint density at radius 3 is 2.47 bits per heavy atom. The van der Waals surface area contributed by atoms with Gasteiger partial charge in [-0.25, -0.2) is 10.4 Å². The van der Waals surface area contributed by atoms with Gasteiger partial charge in [0, 0.05) is 20.1 Å². The van der Waals surface area contributed by atoms with Crippen molar-refractivity contribution >= 4 is 5.91 Å². The van der Waals surface area contributed by atoms with Gasteiger partial charge in [-0.2, -0.15) is 0 Å². The van der Waals surface area contributed by atoms with Crippen molar-refractivity contribution in [2.24, 2.45) is 11.8 Å². The van der Waals surface area contributed by atoms with Crippen molar-refractivity contribution in [3.8, 4) is 0 Å². The molecule has 0 aliphatic carbocycles. The zero-order valence-electron chi connectivity index (χ0n) is 12.0. The van der Waals surface area contributed by atoms with Crippen LogP contribution in [0.4, 0.5) is 0 Å². The highest BCUT2D eigenvalue weighted by atomic mass is 16.2. The van der Waals surface area contributed by atoms with Crippen LogP contribution in [0.3, 0.4) is 0 Å². The summed E-state index contributed by atoms with van der Waals surface area (Å²) in [6, 6.07) is 9.87. The third kappa shape index (κ3) is 5.83. The molecule has 1 rings (SSSR count). The smallest absolute Gasteiger partial charge is 0.252 e. The van der Waals surface area contributed by atoms with E-state index >= 15 is 0 Å². The fraction of sp³-hybridized carbons (Fsp3) is 0.500. The Morgan fingerprint density at radius 1 is 1.32 bits per heavy atom. The molecule has 0 saturated carbocycles. The first-order chi connectivity index (χ1) is 9.02. The fourth-order valence-electron chi connectivity index (χ4n) is 1.82. The van der Waals surface area contributed by atoms with E-state index in [2.05, 4.69) is 19.3 Å². The molecule has 0 heterocycles. The van der Waals surface area contributed by atoms with E-state index in [-0.39, 0.29) is 12.5 Å². The van der Waals surface area contributed by atoms with Crippen molar-refractivity contribution in [3.05, 3.63) is 35.9 Å². The molecule has 5 nitrogen and oxygen atoms in total. The third-order valence-corrected chi connectivity index (χ3v) is 2.69. The zero-order valence-corrected chi connectivity index (χ0v) is 12.0. The molecule has 3 N–H and O–H groups in total. The Kier molecular flexibility index (Phi) is 6.49. The highest BCUT2D eigenvalue weighted by Gasteiger charge is 2.15. The summed E-state index contributed by atoms with van der Waals surface area (Å²) in [5.74, 6) is 6.28. The number of hydrogen-bond acceptors (Lipinski definition) is 4. The number of carbonyl (C=O) groups excluding carboxylic acids is 1. The van der Waals surface area contributed by atoms with Crippen LogP contribution in [0.5, 0.6) is 0 Å². The molecule has 0 bridgehead atoms. The van der Waals surface area contributed by atoms with Crippen molar-refractivity contribution in [1.29, 1.82) is 0 Å². The van der Waals surface area contributed by atoms with Crippen LogP contribution in [0.1, 0.15) is 19.4 Å². The Bertz CT molecular complexity index is 380. The maximum absolute atomic E-state index is 12.1. The maximum Gasteiger partial charge on any atom is 0.252 e. The van der Waals surface area contributed by atoms with E-state index < -0.39 is 0 Å². The Hall–Kier alpha value is -1.43. The monoisotopic (exact) mass is 264 g/mol. The van der Waals surface area contributed by atoms with Gasteiger partial charge in [0.15, 0.2) is 0 Å². The first-order valence-electron chi connectivity index (χ1n) is 6.54. The quantitative estimate of drug-likeness (QED) is 0.569.